The van der Waals surface area contributed by atoms with Crippen molar-refractivity contribution >= 4 is 40.7 Å². The molecule has 4 rings (SSSR count). The van der Waals surface area contributed by atoms with Crippen LogP contribution in [0.25, 0.3) is 5.65 Å². The van der Waals surface area contributed by atoms with Gasteiger partial charge in [-0.1, -0.05) is 40.7 Å². The van der Waals surface area contributed by atoms with Crippen LogP contribution in [0.4, 0.5) is 5.82 Å². The second-order valence-corrected chi connectivity index (χ2v) is 7.60. The van der Waals surface area contributed by atoms with E-state index in [1.165, 1.54) is 16.3 Å². The molecule has 9 nitrogen and oxygen atoms in total. The maximum Gasteiger partial charge on any atom is 0.367 e. The quantitative estimate of drug-likeness (QED) is 0.468. The number of aromatic nitrogens is 5. The van der Waals surface area contributed by atoms with Crippen molar-refractivity contribution in [1.82, 2.24) is 24.6 Å². The summed E-state index contributed by atoms with van der Waals surface area (Å²) >= 11 is 7.37. The number of rotatable bonds is 6. The number of aryl methyl sites for hydroxylation is 1. The van der Waals surface area contributed by atoms with Gasteiger partial charge in [-0.05, 0) is 36.8 Å². The van der Waals surface area contributed by atoms with Gasteiger partial charge in [-0.15, -0.1) is 5.10 Å². The fourth-order valence-electron chi connectivity index (χ4n) is 2.55. The third-order valence-corrected chi connectivity index (χ3v) is 5.15. The number of nitrogens with zero attached hydrogens (tertiary/aromatic N) is 5. The van der Waals surface area contributed by atoms with E-state index in [0.29, 0.717) is 27.2 Å². The van der Waals surface area contributed by atoms with Gasteiger partial charge in [-0.2, -0.15) is 9.61 Å². The molecule has 0 aliphatic heterocycles. The monoisotopic (exact) mass is 430 g/mol. The highest BCUT2D eigenvalue weighted by Gasteiger charge is 2.14. The highest BCUT2D eigenvalue weighted by molar-refractivity contribution is 7.98. The lowest BCUT2D eigenvalue weighted by Gasteiger charge is -2.01. The number of amides is 1. The van der Waals surface area contributed by atoms with Gasteiger partial charge in [0.1, 0.15) is 17.3 Å². The molecule has 0 radical (unpaired) electrons. The number of hydrogen-bond donors (Lipinski definition) is 1. The molecule has 0 spiro atoms. The molecule has 1 aromatic carbocycles. The van der Waals surface area contributed by atoms with E-state index in [4.69, 9.17) is 16.1 Å². The number of hydrogen-bond acceptors (Lipinski definition) is 7. The van der Waals surface area contributed by atoms with Crippen molar-refractivity contribution in [3.05, 3.63) is 69.3 Å². The van der Waals surface area contributed by atoms with Crippen LogP contribution in [0.1, 0.15) is 11.3 Å². The Labute approximate surface area is 173 Å². The first-order chi connectivity index (χ1) is 14.0. The Morgan fingerprint density at radius 2 is 2.00 bits per heavy atom. The molecular weight excluding hydrogens is 416 g/mol. The van der Waals surface area contributed by atoms with Crippen molar-refractivity contribution in [2.45, 2.75) is 24.2 Å². The molecular formula is C18H15ClN6O3S. The average molecular weight is 431 g/mol. The van der Waals surface area contributed by atoms with Crippen LogP contribution < -0.4 is 11.0 Å². The lowest BCUT2D eigenvalue weighted by atomic mass is 10.2. The van der Waals surface area contributed by atoms with Crippen LogP contribution >= 0.6 is 23.4 Å². The van der Waals surface area contributed by atoms with Gasteiger partial charge in [-0.25, -0.2) is 9.48 Å². The lowest BCUT2D eigenvalue weighted by molar-refractivity contribution is -0.117. The zero-order valence-electron chi connectivity index (χ0n) is 15.2. The van der Waals surface area contributed by atoms with Crippen LogP contribution in [0.2, 0.25) is 5.02 Å². The molecule has 1 amide bonds. The predicted octanol–water partition coefficient (Wildman–Crippen LogP) is 2.77. The molecule has 0 fully saturated rings. The molecule has 0 aliphatic rings. The Hall–Kier alpha value is -3.11. The van der Waals surface area contributed by atoms with Crippen molar-refractivity contribution < 1.29 is 9.32 Å². The molecule has 148 valence electrons. The van der Waals surface area contributed by atoms with Gasteiger partial charge in [-0.3, -0.25) is 4.79 Å². The van der Waals surface area contributed by atoms with Gasteiger partial charge < -0.3 is 9.84 Å². The van der Waals surface area contributed by atoms with E-state index in [-0.39, 0.29) is 12.4 Å². The van der Waals surface area contributed by atoms with Crippen molar-refractivity contribution in [1.29, 1.82) is 0 Å². The van der Waals surface area contributed by atoms with Crippen LogP contribution in [0.5, 0.6) is 0 Å². The predicted molar refractivity (Wildman–Crippen MR) is 108 cm³/mol. The third kappa shape index (κ3) is 4.49. The van der Waals surface area contributed by atoms with Crippen molar-refractivity contribution in [3.63, 3.8) is 0 Å². The van der Waals surface area contributed by atoms with E-state index in [2.05, 4.69) is 20.7 Å². The molecule has 0 bridgehead atoms. The van der Waals surface area contributed by atoms with Crippen LogP contribution in [0.3, 0.4) is 0 Å². The zero-order chi connectivity index (χ0) is 20.4. The minimum Gasteiger partial charge on any atom is -0.360 e. The topological polar surface area (TPSA) is 107 Å². The Bertz CT molecular complexity index is 1230. The molecule has 1 N–H and O–H groups in total. The summed E-state index contributed by atoms with van der Waals surface area (Å²) in [6, 6.07) is 12.6. The van der Waals surface area contributed by atoms with E-state index < -0.39 is 11.6 Å². The number of benzene rings is 1. The van der Waals surface area contributed by atoms with Crippen LogP contribution in [-0.2, 0) is 17.1 Å². The second-order valence-electron chi connectivity index (χ2n) is 6.17. The number of fused-ring (bicyclic) bond motifs is 1. The Morgan fingerprint density at radius 3 is 2.72 bits per heavy atom. The third-order valence-electron chi connectivity index (χ3n) is 3.90. The average Bonchev–Trinajstić information content (AvgIpc) is 3.24. The molecule has 11 heteroatoms. The number of thioether (sulfide) groups is 1. The summed E-state index contributed by atoms with van der Waals surface area (Å²) in [7, 11) is 0. The van der Waals surface area contributed by atoms with E-state index in [9.17, 15) is 9.59 Å². The largest absolute Gasteiger partial charge is 0.367 e. The molecule has 0 saturated carbocycles. The molecule has 0 unspecified atom stereocenters. The molecule has 29 heavy (non-hydrogen) atoms. The van der Waals surface area contributed by atoms with Gasteiger partial charge >= 0.3 is 5.69 Å². The first-order valence-corrected chi connectivity index (χ1v) is 9.91. The van der Waals surface area contributed by atoms with Crippen LogP contribution in [0.15, 0.2) is 56.8 Å². The number of carbonyl (C=O) groups is 1. The van der Waals surface area contributed by atoms with Crippen molar-refractivity contribution in [3.8, 4) is 0 Å². The van der Waals surface area contributed by atoms with Crippen molar-refractivity contribution in [2.24, 2.45) is 0 Å². The highest BCUT2D eigenvalue weighted by Crippen LogP contribution is 2.21. The SMILES string of the molecule is Cc1cc(NC(=O)Cn2nc3ccc(SCc4ccc(Cl)cc4)nn3c2=O)no1. The zero-order valence-corrected chi connectivity index (χ0v) is 16.8. The summed E-state index contributed by atoms with van der Waals surface area (Å²) < 4.78 is 7.12. The fraction of sp³-hybridized carbons (Fsp3) is 0.167. The first kappa shape index (κ1) is 19.2. The summed E-state index contributed by atoms with van der Waals surface area (Å²) in [6.45, 7) is 1.45. The normalized spacial score (nSPS) is 11.1. The summed E-state index contributed by atoms with van der Waals surface area (Å²) in [5.41, 5.74) is 0.945. The highest BCUT2D eigenvalue weighted by atomic mass is 35.5. The number of carbonyl (C=O) groups excluding carboxylic acids is 1. The van der Waals surface area contributed by atoms with Gasteiger partial charge in [0.2, 0.25) is 5.91 Å². The maximum absolute atomic E-state index is 12.5. The minimum atomic E-state index is -0.500. The fourth-order valence-corrected chi connectivity index (χ4v) is 3.49. The van der Waals surface area contributed by atoms with Gasteiger partial charge in [0, 0.05) is 16.8 Å². The molecule has 3 heterocycles. The van der Waals surface area contributed by atoms with E-state index in [1.807, 2.05) is 24.3 Å². The Balaban J connectivity index is 1.47. The Kier molecular flexibility index (Phi) is 5.36. The van der Waals surface area contributed by atoms with E-state index >= 15 is 0 Å². The molecule has 3 aromatic heterocycles. The van der Waals surface area contributed by atoms with Gasteiger partial charge in [0.05, 0.1) is 0 Å². The Morgan fingerprint density at radius 1 is 1.21 bits per heavy atom. The standard InChI is InChI=1S/C18H15ClN6O3S/c1-11-8-14(23-28-11)20-16(26)9-24-18(27)25-15(21-24)6-7-17(22-25)29-10-12-2-4-13(19)5-3-12/h2-8H,9-10H2,1H3,(H,20,23,26). The summed E-state index contributed by atoms with van der Waals surface area (Å²) in [4.78, 5) is 24.7. The smallest absolute Gasteiger partial charge is 0.360 e. The molecule has 0 aliphatic carbocycles. The summed E-state index contributed by atoms with van der Waals surface area (Å²) in [5.74, 6) is 1.08. The van der Waals surface area contributed by atoms with Gasteiger partial charge in [0.15, 0.2) is 11.5 Å². The van der Waals surface area contributed by atoms with E-state index in [1.54, 1.807) is 25.1 Å². The van der Waals surface area contributed by atoms with Crippen molar-refractivity contribution in [2.75, 3.05) is 5.32 Å². The molecule has 4 aromatic rings. The van der Waals surface area contributed by atoms with Crippen LogP contribution in [0, 0.1) is 6.92 Å². The first-order valence-electron chi connectivity index (χ1n) is 8.55. The second kappa shape index (κ2) is 8.10. The number of halogens is 1. The maximum atomic E-state index is 12.5. The van der Waals surface area contributed by atoms with E-state index in [0.717, 1.165) is 10.2 Å². The van der Waals surface area contributed by atoms with Crippen LogP contribution in [-0.4, -0.2) is 30.5 Å². The summed E-state index contributed by atoms with van der Waals surface area (Å²) in [5, 5.41) is 16.0. The molecule has 0 saturated heterocycles. The lowest BCUT2D eigenvalue weighted by Crippen LogP contribution is -2.29. The number of nitrogens with one attached hydrogen (secondary N) is 1. The minimum absolute atomic E-state index is 0.263. The number of anilines is 1. The molecule has 0 atom stereocenters. The van der Waals surface area contributed by atoms with Gasteiger partial charge in [0.25, 0.3) is 0 Å². The summed E-state index contributed by atoms with van der Waals surface area (Å²) in [6.07, 6.45) is 0.